The molecule has 2 nitrogen and oxygen atoms in total. The minimum atomic E-state index is -0.320. The highest BCUT2D eigenvalue weighted by Crippen LogP contribution is 2.60. The second-order valence-corrected chi connectivity index (χ2v) is 7.76. The van der Waals surface area contributed by atoms with Gasteiger partial charge in [0, 0.05) is 0 Å². The first kappa shape index (κ1) is 15.9. The SMILES string of the molecule is Cc1ccc([C@]23CC[C@](c4ccc(C)cc4)(OO2)[C@H](C)[C@@H]3C)cc1. The van der Waals surface area contributed by atoms with Crippen molar-refractivity contribution in [3.63, 3.8) is 0 Å². The summed E-state index contributed by atoms with van der Waals surface area (Å²) < 4.78 is 0. The summed E-state index contributed by atoms with van der Waals surface area (Å²) in [6.07, 6.45) is 1.99. The van der Waals surface area contributed by atoms with Crippen molar-refractivity contribution in [2.45, 2.75) is 51.7 Å². The maximum Gasteiger partial charge on any atom is 0.131 e. The minimum absolute atomic E-state index is 0.320. The molecule has 24 heavy (non-hydrogen) atoms. The Balaban J connectivity index is 1.73. The molecule has 2 heterocycles. The lowest BCUT2D eigenvalue weighted by atomic mass is 9.58. The molecule has 0 N–H and O–H groups in total. The molecular formula is C22H26O2. The third kappa shape index (κ3) is 2.09. The van der Waals surface area contributed by atoms with Gasteiger partial charge in [-0.3, -0.25) is 0 Å². The molecule has 1 saturated carbocycles. The van der Waals surface area contributed by atoms with E-state index in [0.29, 0.717) is 11.8 Å². The molecule has 126 valence electrons. The smallest absolute Gasteiger partial charge is 0.131 e. The van der Waals surface area contributed by atoms with Gasteiger partial charge < -0.3 is 0 Å². The second-order valence-electron chi connectivity index (χ2n) is 7.76. The fraction of sp³-hybridized carbons (Fsp3) is 0.455. The van der Waals surface area contributed by atoms with Gasteiger partial charge in [-0.15, -0.1) is 0 Å². The molecule has 2 aromatic rings. The zero-order valence-corrected chi connectivity index (χ0v) is 15.0. The van der Waals surface area contributed by atoms with E-state index in [9.17, 15) is 0 Å². The molecule has 1 aliphatic carbocycles. The summed E-state index contributed by atoms with van der Waals surface area (Å²) in [7, 11) is 0. The van der Waals surface area contributed by atoms with Crippen molar-refractivity contribution >= 4 is 0 Å². The molecule has 2 aliphatic heterocycles. The highest BCUT2D eigenvalue weighted by molar-refractivity contribution is 5.34. The molecule has 0 unspecified atom stereocenters. The molecule has 2 bridgehead atoms. The fourth-order valence-electron chi connectivity index (χ4n) is 4.60. The second kappa shape index (κ2) is 5.44. The highest BCUT2D eigenvalue weighted by atomic mass is 17.2. The monoisotopic (exact) mass is 322 g/mol. The molecule has 3 fully saturated rings. The topological polar surface area (TPSA) is 18.5 Å². The lowest BCUT2D eigenvalue weighted by Crippen LogP contribution is -2.59. The predicted molar refractivity (Wildman–Crippen MR) is 95.4 cm³/mol. The van der Waals surface area contributed by atoms with E-state index in [2.05, 4.69) is 76.2 Å². The van der Waals surface area contributed by atoms with E-state index in [0.717, 1.165) is 12.8 Å². The summed E-state index contributed by atoms with van der Waals surface area (Å²) in [6.45, 7) is 8.87. The van der Waals surface area contributed by atoms with Gasteiger partial charge in [0.15, 0.2) is 0 Å². The van der Waals surface area contributed by atoms with Crippen molar-refractivity contribution in [3.05, 3.63) is 70.8 Å². The van der Waals surface area contributed by atoms with Gasteiger partial charge in [-0.05, 0) is 49.7 Å². The number of aryl methyl sites for hydroxylation is 2. The van der Waals surface area contributed by atoms with E-state index in [1.807, 2.05) is 0 Å². The maximum atomic E-state index is 6.16. The molecule has 0 radical (unpaired) electrons. The van der Waals surface area contributed by atoms with E-state index in [1.165, 1.54) is 22.3 Å². The van der Waals surface area contributed by atoms with E-state index in [1.54, 1.807) is 0 Å². The Hall–Kier alpha value is -1.64. The quantitative estimate of drug-likeness (QED) is 0.687. The lowest BCUT2D eigenvalue weighted by Gasteiger charge is -2.59. The van der Waals surface area contributed by atoms with Crippen LogP contribution in [-0.4, -0.2) is 0 Å². The number of hydrogen-bond acceptors (Lipinski definition) is 2. The normalized spacial score (nSPS) is 35.2. The van der Waals surface area contributed by atoms with Gasteiger partial charge in [-0.25, -0.2) is 9.78 Å². The largest absolute Gasteiger partial charge is 0.224 e. The maximum absolute atomic E-state index is 6.16. The third-order valence-corrected chi connectivity index (χ3v) is 6.51. The fourth-order valence-corrected chi connectivity index (χ4v) is 4.60. The first-order chi connectivity index (χ1) is 11.5. The van der Waals surface area contributed by atoms with Gasteiger partial charge in [0.25, 0.3) is 0 Å². The van der Waals surface area contributed by atoms with E-state index < -0.39 is 0 Å². The van der Waals surface area contributed by atoms with Gasteiger partial charge in [-0.2, -0.15) is 0 Å². The lowest BCUT2D eigenvalue weighted by molar-refractivity contribution is -0.506. The Morgan fingerprint density at radius 3 is 1.29 bits per heavy atom. The van der Waals surface area contributed by atoms with Crippen LogP contribution in [-0.2, 0) is 21.0 Å². The third-order valence-electron chi connectivity index (χ3n) is 6.51. The minimum Gasteiger partial charge on any atom is -0.224 e. The average molecular weight is 322 g/mol. The van der Waals surface area contributed by atoms with Gasteiger partial charge in [0.1, 0.15) is 11.2 Å². The summed E-state index contributed by atoms with van der Waals surface area (Å²) in [6, 6.07) is 17.5. The Kier molecular flexibility index (Phi) is 3.59. The first-order valence-electron chi connectivity index (χ1n) is 8.99. The van der Waals surface area contributed by atoms with Crippen LogP contribution in [0, 0.1) is 25.7 Å². The molecule has 2 saturated heterocycles. The van der Waals surface area contributed by atoms with Gasteiger partial charge in [0.2, 0.25) is 0 Å². The molecule has 5 rings (SSSR count). The molecule has 0 spiro atoms. The summed E-state index contributed by atoms with van der Waals surface area (Å²) in [4.78, 5) is 12.3. The summed E-state index contributed by atoms with van der Waals surface area (Å²) in [5, 5.41) is 0. The Labute approximate surface area is 144 Å². The van der Waals surface area contributed by atoms with Crippen molar-refractivity contribution in [2.24, 2.45) is 11.8 Å². The Bertz CT molecular complexity index is 656. The standard InChI is InChI=1S/C22H26O2/c1-15-5-9-19(10-6-15)21-13-14-22(24-23-21,18(4)17(21)3)20-11-7-16(2)8-12-20/h5-12,17-18H,13-14H2,1-4H3/t17-,18+,21+,22-. The van der Waals surface area contributed by atoms with Gasteiger partial charge in [-0.1, -0.05) is 73.5 Å². The van der Waals surface area contributed by atoms with Crippen LogP contribution < -0.4 is 0 Å². The number of fused-ring (bicyclic) bond motifs is 3. The van der Waals surface area contributed by atoms with Crippen molar-refractivity contribution in [1.29, 1.82) is 0 Å². The van der Waals surface area contributed by atoms with Crippen LogP contribution in [0.25, 0.3) is 0 Å². The van der Waals surface area contributed by atoms with Gasteiger partial charge >= 0.3 is 0 Å². The van der Waals surface area contributed by atoms with Crippen molar-refractivity contribution < 1.29 is 9.78 Å². The Morgan fingerprint density at radius 2 is 1.00 bits per heavy atom. The van der Waals surface area contributed by atoms with Gasteiger partial charge in [0.05, 0.1) is 0 Å². The van der Waals surface area contributed by atoms with Crippen LogP contribution in [0.3, 0.4) is 0 Å². The van der Waals surface area contributed by atoms with Crippen LogP contribution in [0.5, 0.6) is 0 Å². The van der Waals surface area contributed by atoms with E-state index in [4.69, 9.17) is 9.78 Å². The van der Waals surface area contributed by atoms with Crippen molar-refractivity contribution in [3.8, 4) is 0 Å². The summed E-state index contributed by atoms with van der Waals surface area (Å²) >= 11 is 0. The molecule has 0 aromatic heterocycles. The van der Waals surface area contributed by atoms with E-state index in [-0.39, 0.29) is 11.2 Å². The molecule has 2 heteroatoms. The van der Waals surface area contributed by atoms with Crippen LogP contribution >= 0.6 is 0 Å². The zero-order chi connectivity index (χ0) is 16.9. The van der Waals surface area contributed by atoms with Crippen molar-refractivity contribution in [2.75, 3.05) is 0 Å². The highest BCUT2D eigenvalue weighted by Gasteiger charge is 2.61. The number of benzene rings is 2. The summed E-state index contributed by atoms with van der Waals surface area (Å²) in [5.74, 6) is 0.785. The molecule has 3 aliphatic rings. The molecule has 0 amide bonds. The number of hydrogen-bond donors (Lipinski definition) is 0. The van der Waals surface area contributed by atoms with Crippen LogP contribution in [0.15, 0.2) is 48.5 Å². The van der Waals surface area contributed by atoms with Crippen molar-refractivity contribution in [1.82, 2.24) is 0 Å². The van der Waals surface area contributed by atoms with Crippen LogP contribution in [0.2, 0.25) is 0 Å². The molecular weight excluding hydrogens is 296 g/mol. The number of rotatable bonds is 2. The predicted octanol–water partition coefficient (Wildman–Crippen LogP) is 5.42. The molecule has 4 atom stereocenters. The Morgan fingerprint density at radius 1 is 0.667 bits per heavy atom. The van der Waals surface area contributed by atoms with E-state index >= 15 is 0 Å². The van der Waals surface area contributed by atoms with Crippen LogP contribution in [0.4, 0.5) is 0 Å². The van der Waals surface area contributed by atoms with Crippen LogP contribution in [0.1, 0.15) is 48.9 Å². The summed E-state index contributed by atoms with van der Waals surface area (Å²) in [5.41, 5.74) is 4.39. The first-order valence-corrected chi connectivity index (χ1v) is 8.99. The average Bonchev–Trinajstić information content (AvgIpc) is 2.61. The zero-order valence-electron chi connectivity index (χ0n) is 15.0. The molecule has 2 aromatic carbocycles.